The molecule has 4 aromatic carbocycles. The van der Waals surface area contributed by atoms with Crippen LogP contribution in [0.3, 0.4) is 0 Å². The van der Waals surface area contributed by atoms with Gasteiger partial charge in [0.2, 0.25) is 0 Å². The molecule has 5 aromatic rings. The van der Waals surface area contributed by atoms with Gasteiger partial charge in [0.1, 0.15) is 11.9 Å². The third-order valence-electron chi connectivity index (χ3n) is 8.03. The summed E-state index contributed by atoms with van der Waals surface area (Å²) in [7, 11) is 0. The Labute approximate surface area is 252 Å². The van der Waals surface area contributed by atoms with E-state index in [0.29, 0.717) is 39.5 Å². The summed E-state index contributed by atoms with van der Waals surface area (Å²) in [6.45, 7) is 5.48. The van der Waals surface area contributed by atoms with E-state index < -0.39 is 35.5 Å². The van der Waals surface area contributed by atoms with Gasteiger partial charge in [-0.1, -0.05) is 44.5 Å². The first-order valence-corrected chi connectivity index (χ1v) is 14.1. The first kappa shape index (κ1) is 30.0. The highest BCUT2D eigenvalue weighted by Gasteiger charge is 2.26. The predicted octanol–water partition coefficient (Wildman–Crippen LogP) is 6.02. The van der Waals surface area contributed by atoms with Crippen LogP contribution in [0, 0.1) is 18.7 Å². The van der Waals surface area contributed by atoms with Crippen LogP contribution in [0.4, 0.5) is 10.1 Å². The fourth-order valence-corrected chi connectivity index (χ4v) is 5.35. The lowest BCUT2D eigenvalue weighted by atomic mass is 9.93. The summed E-state index contributed by atoms with van der Waals surface area (Å²) < 4.78 is 13.4. The van der Waals surface area contributed by atoms with Crippen molar-refractivity contribution in [3.8, 4) is 11.1 Å². The summed E-state index contributed by atoms with van der Waals surface area (Å²) in [5.74, 6) is -3.38. The van der Waals surface area contributed by atoms with Crippen molar-refractivity contribution in [1.82, 2.24) is 10.3 Å². The molecule has 5 rings (SSSR count). The van der Waals surface area contributed by atoms with Crippen molar-refractivity contribution in [2.45, 2.75) is 33.2 Å². The van der Waals surface area contributed by atoms with Crippen LogP contribution in [0.1, 0.15) is 56.9 Å². The number of hydrogen-bond acceptors (Lipinski definition) is 4. The van der Waals surface area contributed by atoms with Gasteiger partial charge in [-0.05, 0) is 78.1 Å². The van der Waals surface area contributed by atoms with Crippen molar-refractivity contribution >= 4 is 51.2 Å². The highest BCUT2D eigenvalue weighted by molar-refractivity contribution is 6.21. The van der Waals surface area contributed by atoms with E-state index in [0.717, 1.165) is 16.7 Å². The second-order valence-electron chi connectivity index (χ2n) is 10.8. The van der Waals surface area contributed by atoms with Crippen LogP contribution < -0.4 is 16.4 Å². The summed E-state index contributed by atoms with van der Waals surface area (Å²) in [4.78, 5) is 53.4. The van der Waals surface area contributed by atoms with Gasteiger partial charge < -0.3 is 26.5 Å². The Morgan fingerprint density at radius 3 is 2.30 bits per heavy atom. The number of carbonyl (C=O) groups is 4. The molecule has 0 fully saturated rings. The molecule has 0 bridgehead atoms. The fraction of sp³-hybridized carbons (Fsp3) is 0.176. The lowest BCUT2D eigenvalue weighted by Gasteiger charge is -2.20. The van der Waals surface area contributed by atoms with Gasteiger partial charge in [0.25, 0.3) is 17.7 Å². The maximum absolute atomic E-state index is 13.4. The van der Waals surface area contributed by atoms with Crippen LogP contribution in [0.5, 0.6) is 0 Å². The van der Waals surface area contributed by atoms with E-state index in [4.69, 9.17) is 5.73 Å². The molecule has 1 aromatic heterocycles. The number of carboxylic acid groups (broad SMARTS) is 1. The minimum atomic E-state index is -1.11. The van der Waals surface area contributed by atoms with E-state index in [1.54, 1.807) is 49.4 Å². The first-order chi connectivity index (χ1) is 21.0. The Morgan fingerprint density at radius 1 is 0.932 bits per heavy atom. The number of carbonyl (C=O) groups excluding carboxylic acids is 3. The Kier molecular flexibility index (Phi) is 8.17. The van der Waals surface area contributed by atoms with Gasteiger partial charge in [0.15, 0.2) is 0 Å². The normalized spacial score (nSPS) is 12.5. The van der Waals surface area contributed by atoms with Crippen LogP contribution in [0.15, 0.2) is 72.8 Å². The molecule has 0 spiro atoms. The average molecular weight is 595 g/mol. The largest absolute Gasteiger partial charge is 0.480 e. The number of aromatic nitrogens is 1. The van der Waals surface area contributed by atoms with Crippen LogP contribution in [0.2, 0.25) is 0 Å². The van der Waals surface area contributed by atoms with E-state index in [-0.39, 0.29) is 17.0 Å². The number of hydrogen-bond donors (Lipinski definition) is 5. The predicted molar refractivity (Wildman–Crippen MR) is 167 cm³/mol. The highest BCUT2D eigenvalue weighted by Crippen LogP contribution is 2.39. The quantitative estimate of drug-likeness (QED) is 0.141. The van der Waals surface area contributed by atoms with Crippen molar-refractivity contribution < 1.29 is 28.7 Å². The van der Waals surface area contributed by atoms with E-state index in [1.165, 1.54) is 24.3 Å². The molecule has 0 radical (unpaired) electrons. The minimum absolute atomic E-state index is 0.252. The zero-order valence-corrected chi connectivity index (χ0v) is 24.3. The zero-order valence-electron chi connectivity index (χ0n) is 24.3. The number of nitrogens with one attached hydrogen (secondary N) is 3. The molecule has 6 N–H and O–H groups in total. The number of rotatable bonds is 9. The van der Waals surface area contributed by atoms with E-state index in [1.807, 2.05) is 19.9 Å². The topological polar surface area (TPSA) is 154 Å². The van der Waals surface area contributed by atoms with Crippen LogP contribution in [0.25, 0.3) is 32.9 Å². The van der Waals surface area contributed by atoms with E-state index in [9.17, 15) is 28.7 Å². The number of amides is 3. The smallest absolute Gasteiger partial charge is 0.326 e. The average Bonchev–Trinajstić information content (AvgIpc) is 3.39. The Bertz CT molecular complexity index is 1950. The summed E-state index contributed by atoms with van der Waals surface area (Å²) in [5, 5.41) is 16.5. The third kappa shape index (κ3) is 5.61. The standard InChI is InChI=1S/C34H31FN4O5/c1-4-17(2)29(34(43)44)39-33(42)20-10-13-24-27(16-20)37-30-25(31(36)40)15-14-23(28(24)30)22-6-5-7-26(18(22)3)38-32(41)19-8-11-21(35)12-9-19/h5-17,29,37H,4H2,1-3H3,(H2,36,40)(H,38,41)(H,39,42)(H,43,44)/t17-,29-/m0/s1. The van der Waals surface area contributed by atoms with Gasteiger partial charge in [0.05, 0.1) is 11.1 Å². The van der Waals surface area contributed by atoms with Gasteiger partial charge in [-0.2, -0.15) is 0 Å². The second-order valence-corrected chi connectivity index (χ2v) is 10.8. The van der Waals surface area contributed by atoms with Gasteiger partial charge in [-0.25, -0.2) is 9.18 Å². The number of aromatic amines is 1. The Morgan fingerprint density at radius 2 is 1.64 bits per heavy atom. The number of carboxylic acids is 1. The summed E-state index contributed by atoms with van der Waals surface area (Å²) >= 11 is 0. The monoisotopic (exact) mass is 594 g/mol. The van der Waals surface area contributed by atoms with Crippen molar-refractivity contribution in [2.24, 2.45) is 11.7 Å². The van der Waals surface area contributed by atoms with Crippen molar-refractivity contribution in [1.29, 1.82) is 0 Å². The number of benzene rings is 4. The number of fused-ring (bicyclic) bond motifs is 3. The van der Waals surface area contributed by atoms with Gasteiger partial charge in [-0.15, -0.1) is 0 Å². The molecule has 10 heteroatoms. The van der Waals surface area contributed by atoms with Crippen LogP contribution in [-0.4, -0.2) is 39.8 Å². The number of anilines is 1. The molecular formula is C34H31FN4O5. The summed E-state index contributed by atoms with van der Waals surface area (Å²) in [5.41, 5.74) is 10.4. The third-order valence-corrected chi connectivity index (χ3v) is 8.03. The summed E-state index contributed by atoms with van der Waals surface area (Å²) in [6.07, 6.45) is 0.577. The summed E-state index contributed by atoms with van der Waals surface area (Å²) in [6, 6.07) is 18.0. The number of halogens is 1. The Balaban J connectivity index is 1.59. The van der Waals surface area contributed by atoms with E-state index >= 15 is 0 Å². The molecular weight excluding hydrogens is 563 g/mol. The molecule has 3 amide bonds. The molecule has 0 aliphatic rings. The number of primary amides is 1. The molecule has 224 valence electrons. The van der Waals surface area contributed by atoms with Crippen LogP contribution in [-0.2, 0) is 4.79 Å². The van der Waals surface area contributed by atoms with Crippen molar-refractivity contribution in [2.75, 3.05) is 5.32 Å². The highest BCUT2D eigenvalue weighted by atomic mass is 19.1. The molecule has 0 aliphatic heterocycles. The number of nitrogens with two attached hydrogens (primary N) is 1. The van der Waals surface area contributed by atoms with Gasteiger partial charge >= 0.3 is 5.97 Å². The lowest BCUT2D eigenvalue weighted by molar-refractivity contribution is -0.140. The SMILES string of the molecule is CC[C@H](C)[C@H](NC(=O)c1ccc2c(c1)[nH]c1c(C(N)=O)ccc(-c3cccc(NC(=O)c4ccc(F)cc4)c3C)c12)C(=O)O. The zero-order chi connectivity index (χ0) is 31.7. The molecule has 0 aliphatic carbocycles. The van der Waals surface area contributed by atoms with Crippen molar-refractivity contribution in [3.63, 3.8) is 0 Å². The van der Waals surface area contributed by atoms with Crippen molar-refractivity contribution in [3.05, 3.63) is 101 Å². The molecule has 0 saturated heterocycles. The number of H-pyrrole nitrogens is 1. The fourth-order valence-electron chi connectivity index (χ4n) is 5.35. The first-order valence-electron chi connectivity index (χ1n) is 14.1. The Hall–Kier alpha value is -5.51. The van der Waals surface area contributed by atoms with Crippen LogP contribution >= 0.6 is 0 Å². The molecule has 1 heterocycles. The molecule has 44 heavy (non-hydrogen) atoms. The molecule has 2 atom stereocenters. The minimum Gasteiger partial charge on any atom is -0.480 e. The molecule has 0 unspecified atom stereocenters. The van der Waals surface area contributed by atoms with Gasteiger partial charge in [0, 0.05) is 33.1 Å². The lowest BCUT2D eigenvalue weighted by Crippen LogP contribution is -2.45. The number of aliphatic carboxylic acids is 1. The maximum atomic E-state index is 13.4. The second kappa shape index (κ2) is 12.0. The molecule has 9 nitrogen and oxygen atoms in total. The van der Waals surface area contributed by atoms with Gasteiger partial charge in [-0.3, -0.25) is 14.4 Å². The maximum Gasteiger partial charge on any atom is 0.326 e. The van der Waals surface area contributed by atoms with E-state index in [2.05, 4.69) is 15.6 Å². The molecule has 0 saturated carbocycles.